The number of carbonyl (C=O) groups is 2. The van der Waals surface area contributed by atoms with E-state index in [-0.39, 0.29) is 18.2 Å². The van der Waals surface area contributed by atoms with Gasteiger partial charge in [-0.05, 0) is 18.6 Å². The Morgan fingerprint density at radius 1 is 1.35 bits per heavy atom. The summed E-state index contributed by atoms with van der Waals surface area (Å²) in [5.41, 5.74) is 1.75. The van der Waals surface area contributed by atoms with Crippen molar-refractivity contribution in [1.29, 1.82) is 0 Å². The maximum atomic E-state index is 12.2. The van der Waals surface area contributed by atoms with Crippen LogP contribution < -0.4 is 4.90 Å². The molecule has 4 heteroatoms. The highest BCUT2D eigenvalue weighted by molar-refractivity contribution is 6.03. The lowest BCUT2D eigenvalue weighted by molar-refractivity contribution is -0.137. The van der Waals surface area contributed by atoms with Crippen LogP contribution in [0.25, 0.3) is 0 Å². The van der Waals surface area contributed by atoms with Crippen molar-refractivity contribution in [3.05, 3.63) is 54.1 Å². The molecule has 0 bridgehead atoms. The first-order valence-electron chi connectivity index (χ1n) is 6.55. The molecule has 0 radical (unpaired) electrons. The Morgan fingerprint density at radius 3 is 2.80 bits per heavy atom. The quantitative estimate of drug-likeness (QED) is 0.676. The summed E-state index contributed by atoms with van der Waals surface area (Å²) in [5, 5.41) is 8.97. The van der Waals surface area contributed by atoms with Crippen LogP contribution in [0.2, 0.25) is 0 Å². The van der Waals surface area contributed by atoms with Crippen LogP contribution in [-0.4, -0.2) is 23.5 Å². The van der Waals surface area contributed by atoms with Gasteiger partial charge in [-0.1, -0.05) is 36.4 Å². The molecule has 1 aromatic carbocycles. The molecule has 1 amide bonds. The lowest BCUT2D eigenvalue weighted by Crippen LogP contribution is -2.28. The van der Waals surface area contributed by atoms with Gasteiger partial charge >= 0.3 is 5.97 Å². The van der Waals surface area contributed by atoms with Crippen LogP contribution in [0.5, 0.6) is 0 Å². The standard InChI is InChI=1S/C16H17NO3/c1-2-3-4-9-15(18)17-11-12(10-16(19)20)13-7-5-6-8-14(13)17/h2-9,12H,10-11H2,1H3,(H,19,20)/b3-2+,9-4?. The van der Waals surface area contributed by atoms with E-state index >= 15 is 0 Å². The van der Waals surface area contributed by atoms with Crippen molar-refractivity contribution in [2.24, 2.45) is 0 Å². The van der Waals surface area contributed by atoms with Gasteiger partial charge in [-0.15, -0.1) is 0 Å². The minimum absolute atomic E-state index is 0.0410. The number of hydrogen-bond acceptors (Lipinski definition) is 2. The van der Waals surface area contributed by atoms with Crippen LogP contribution in [0.1, 0.15) is 24.8 Å². The van der Waals surface area contributed by atoms with Crippen LogP contribution in [0.4, 0.5) is 5.69 Å². The molecule has 0 aromatic heterocycles. The largest absolute Gasteiger partial charge is 0.481 e. The average molecular weight is 271 g/mol. The van der Waals surface area contributed by atoms with E-state index in [1.807, 2.05) is 37.3 Å². The number of nitrogens with zero attached hydrogens (tertiary/aromatic N) is 1. The number of benzene rings is 1. The van der Waals surface area contributed by atoms with Crippen LogP contribution in [0.3, 0.4) is 0 Å². The molecule has 1 aliphatic heterocycles. The van der Waals surface area contributed by atoms with E-state index in [0.717, 1.165) is 11.3 Å². The number of carboxylic acid groups (broad SMARTS) is 1. The van der Waals surface area contributed by atoms with Crippen LogP contribution in [0, 0.1) is 0 Å². The van der Waals surface area contributed by atoms with Gasteiger partial charge in [0, 0.05) is 24.2 Å². The molecule has 104 valence electrons. The van der Waals surface area contributed by atoms with Gasteiger partial charge < -0.3 is 10.0 Å². The van der Waals surface area contributed by atoms with E-state index in [4.69, 9.17) is 5.11 Å². The molecule has 20 heavy (non-hydrogen) atoms. The van der Waals surface area contributed by atoms with Crippen molar-refractivity contribution in [1.82, 2.24) is 0 Å². The molecule has 2 rings (SSSR count). The van der Waals surface area contributed by atoms with Crippen LogP contribution >= 0.6 is 0 Å². The molecular weight excluding hydrogens is 254 g/mol. The van der Waals surface area contributed by atoms with Gasteiger partial charge in [-0.3, -0.25) is 9.59 Å². The fourth-order valence-corrected chi connectivity index (χ4v) is 2.43. The van der Waals surface area contributed by atoms with Gasteiger partial charge in [-0.25, -0.2) is 0 Å². The number of anilines is 1. The number of carboxylic acids is 1. The zero-order valence-corrected chi connectivity index (χ0v) is 11.3. The SMILES string of the molecule is C/C=C/C=CC(=O)N1CC(CC(=O)O)c2ccccc21. The zero-order chi connectivity index (χ0) is 14.5. The predicted octanol–water partition coefficient (Wildman–Crippen LogP) is 2.72. The van der Waals surface area contributed by atoms with Crippen LogP contribution in [0.15, 0.2) is 48.6 Å². The van der Waals surface area contributed by atoms with E-state index in [9.17, 15) is 9.59 Å². The smallest absolute Gasteiger partial charge is 0.304 e. The molecule has 1 atom stereocenters. The summed E-state index contributed by atoms with van der Waals surface area (Å²) in [6.45, 7) is 2.30. The first kappa shape index (κ1) is 14.1. The first-order chi connectivity index (χ1) is 9.63. The minimum atomic E-state index is -0.844. The summed E-state index contributed by atoms with van der Waals surface area (Å²) in [7, 11) is 0. The molecule has 1 aliphatic rings. The first-order valence-corrected chi connectivity index (χ1v) is 6.55. The number of aliphatic carboxylic acids is 1. The van der Waals surface area contributed by atoms with Crippen molar-refractivity contribution >= 4 is 17.6 Å². The summed E-state index contributed by atoms with van der Waals surface area (Å²) in [6, 6.07) is 7.49. The van der Waals surface area contributed by atoms with Gasteiger partial charge in [0.1, 0.15) is 0 Å². The van der Waals surface area contributed by atoms with Crippen molar-refractivity contribution in [3.8, 4) is 0 Å². The summed E-state index contributed by atoms with van der Waals surface area (Å²) in [6.07, 6.45) is 6.86. The van der Waals surface area contributed by atoms with Crippen molar-refractivity contribution in [2.75, 3.05) is 11.4 Å². The second-order valence-corrected chi connectivity index (χ2v) is 4.69. The van der Waals surface area contributed by atoms with Gasteiger partial charge in [-0.2, -0.15) is 0 Å². The second kappa shape index (κ2) is 6.19. The van der Waals surface area contributed by atoms with Gasteiger partial charge in [0.05, 0.1) is 6.42 Å². The Balaban J connectivity index is 2.24. The Hall–Kier alpha value is -2.36. The third-order valence-electron chi connectivity index (χ3n) is 3.30. The molecule has 0 fully saturated rings. The molecule has 0 aliphatic carbocycles. The number of para-hydroxylation sites is 1. The average Bonchev–Trinajstić information content (AvgIpc) is 2.78. The highest BCUT2D eigenvalue weighted by Crippen LogP contribution is 2.37. The molecule has 4 nitrogen and oxygen atoms in total. The fraction of sp³-hybridized carbons (Fsp3) is 0.250. The number of fused-ring (bicyclic) bond motifs is 1. The van der Waals surface area contributed by atoms with Gasteiger partial charge in [0.15, 0.2) is 0 Å². The number of carbonyl (C=O) groups excluding carboxylic acids is 1. The highest BCUT2D eigenvalue weighted by atomic mass is 16.4. The van der Waals surface area contributed by atoms with Gasteiger partial charge in [0.2, 0.25) is 0 Å². The Morgan fingerprint density at radius 2 is 2.10 bits per heavy atom. The Bertz CT molecular complexity index is 575. The Kier molecular flexibility index (Phi) is 4.35. The van der Waals surface area contributed by atoms with Crippen LogP contribution in [-0.2, 0) is 9.59 Å². The van der Waals surface area contributed by atoms with E-state index in [1.54, 1.807) is 17.1 Å². The molecule has 1 heterocycles. The third-order valence-corrected chi connectivity index (χ3v) is 3.30. The monoisotopic (exact) mass is 271 g/mol. The molecule has 1 unspecified atom stereocenters. The maximum absolute atomic E-state index is 12.2. The highest BCUT2D eigenvalue weighted by Gasteiger charge is 2.32. The zero-order valence-electron chi connectivity index (χ0n) is 11.3. The summed E-state index contributed by atoms with van der Waals surface area (Å²) >= 11 is 0. The normalized spacial score (nSPS) is 17.9. The number of amides is 1. The molecule has 0 spiro atoms. The number of rotatable bonds is 4. The molecule has 0 saturated carbocycles. The van der Waals surface area contributed by atoms with E-state index < -0.39 is 5.97 Å². The van der Waals surface area contributed by atoms with E-state index in [0.29, 0.717) is 6.54 Å². The summed E-state index contributed by atoms with van der Waals surface area (Å²) in [4.78, 5) is 24.7. The number of hydrogen-bond donors (Lipinski definition) is 1. The molecule has 0 saturated heterocycles. The van der Waals surface area contributed by atoms with Crippen molar-refractivity contribution in [3.63, 3.8) is 0 Å². The minimum Gasteiger partial charge on any atom is -0.481 e. The van der Waals surface area contributed by atoms with E-state index in [1.165, 1.54) is 6.08 Å². The van der Waals surface area contributed by atoms with Crippen molar-refractivity contribution < 1.29 is 14.7 Å². The van der Waals surface area contributed by atoms with E-state index in [2.05, 4.69) is 0 Å². The predicted molar refractivity (Wildman–Crippen MR) is 77.7 cm³/mol. The maximum Gasteiger partial charge on any atom is 0.304 e. The molecule has 1 N–H and O–H groups in total. The number of allylic oxidation sites excluding steroid dienone is 3. The molecule has 1 aromatic rings. The topological polar surface area (TPSA) is 57.6 Å². The fourth-order valence-electron chi connectivity index (χ4n) is 2.43. The lowest BCUT2D eigenvalue weighted by atomic mass is 9.98. The summed E-state index contributed by atoms with van der Waals surface area (Å²) in [5.74, 6) is -1.10. The lowest BCUT2D eigenvalue weighted by Gasteiger charge is -2.15. The van der Waals surface area contributed by atoms with Gasteiger partial charge in [0.25, 0.3) is 5.91 Å². The third kappa shape index (κ3) is 2.96. The second-order valence-electron chi connectivity index (χ2n) is 4.69. The van der Waals surface area contributed by atoms with Crippen molar-refractivity contribution in [2.45, 2.75) is 19.3 Å². The Labute approximate surface area is 118 Å². The molecular formula is C16H17NO3. The summed E-state index contributed by atoms with van der Waals surface area (Å²) < 4.78 is 0.